The highest BCUT2D eigenvalue weighted by Crippen LogP contribution is 2.27. The van der Waals surface area contributed by atoms with Crippen molar-refractivity contribution >= 4 is 76.9 Å². The van der Waals surface area contributed by atoms with Gasteiger partial charge in [0.25, 0.3) is 0 Å². The Bertz CT molecular complexity index is 2380. The van der Waals surface area contributed by atoms with E-state index in [1.165, 1.54) is 12.2 Å². The zero-order valence-electron chi connectivity index (χ0n) is 45.2. The molecule has 1 heterocycles. The lowest BCUT2D eigenvalue weighted by molar-refractivity contribution is -0.151. The molecule has 1 atom stereocenters. The molecule has 3 aromatic carbocycles. The molecule has 0 saturated carbocycles. The summed E-state index contributed by atoms with van der Waals surface area (Å²) >= 11 is 0. The van der Waals surface area contributed by atoms with Crippen molar-refractivity contribution in [3.8, 4) is 0 Å². The normalized spacial score (nSPS) is 12.1. The number of hydrogen-bond donors (Lipinski definition) is 3. The zero-order valence-corrected chi connectivity index (χ0v) is 45.2. The Balaban J connectivity index is 1.70. The number of carbonyl (C=O) groups excluding carboxylic acids is 5. The minimum atomic E-state index is -0.791. The molecular weight excluding hydrogens is 929 g/mol. The van der Waals surface area contributed by atoms with Crippen LogP contribution in [-0.4, -0.2) is 77.8 Å². The first kappa shape index (κ1) is 58.5. The molecule has 0 fully saturated rings. The van der Waals surface area contributed by atoms with Gasteiger partial charge < -0.3 is 39.6 Å². The zero-order chi connectivity index (χ0) is 54.1. The van der Waals surface area contributed by atoms with Gasteiger partial charge in [0.2, 0.25) is 17.8 Å². The van der Waals surface area contributed by atoms with Crippen LogP contribution in [0.1, 0.15) is 138 Å². The number of nitrogens with zero attached hydrogens (tertiary/aromatic N) is 3. The molecule has 16 nitrogen and oxygen atoms in total. The predicted octanol–water partition coefficient (Wildman–Crippen LogP) is 12.2. The number of benzene rings is 3. The third-order valence-corrected chi connectivity index (χ3v) is 10.1. The van der Waals surface area contributed by atoms with E-state index < -0.39 is 29.8 Å². The summed E-state index contributed by atoms with van der Waals surface area (Å²) in [6, 6.07) is 20.6. The first-order valence-corrected chi connectivity index (χ1v) is 24.8. The standard InChI is InChI=1S/C57H76N6O10/c1-15-19-37(16-2)32-69-46(64)42-20-17-18-21-45(42)60-53-62-51(58-40-26-22-38(23-27-40)30-43(47(65)70-33-54(3,4)5)48(66)71-34-55(6,7)8)61-52(63-53)59-41-28-24-39(25-29-41)31-44(49(67)72-35-56(9,10)11)50(68)73-36-57(12,13)14/h17-18,20-31,37H,15-16,19,32-36H2,1-14H3,(H3,58,59,60,61,62,63). The van der Waals surface area contributed by atoms with Crippen molar-refractivity contribution < 1.29 is 47.7 Å². The Morgan fingerprint density at radius 2 is 0.849 bits per heavy atom. The molecule has 4 rings (SSSR count). The number of ether oxygens (including phenoxy) is 5. The van der Waals surface area contributed by atoms with E-state index in [2.05, 4.69) is 44.7 Å². The molecule has 4 aromatic rings. The summed E-state index contributed by atoms with van der Waals surface area (Å²) in [7, 11) is 0. The number of anilines is 6. The van der Waals surface area contributed by atoms with E-state index in [0.717, 1.165) is 19.3 Å². The van der Waals surface area contributed by atoms with Crippen LogP contribution in [0.3, 0.4) is 0 Å². The maximum absolute atomic E-state index is 13.5. The van der Waals surface area contributed by atoms with E-state index >= 15 is 0 Å². The Labute approximate surface area is 431 Å². The van der Waals surface area contributed by atoms with Crippen molar-refractivity contribution in [3.05, 3.63) is 101 Å². The lowest BCUT2D eigenvalue weighted by atomic mass is 9.98. The highest BCUT2D eigenvalue weighted by atomic mass is 16.6. The second kappa shape index (κ2) is 26.0. The molecule has 0 aliphatic carbocycles. The Morgan fingerprint density at radius 1 is 0.493 bits per heavy atom. The fourth-order valence-corrected chi connectivity index (χ4v) is 6.28. The van der Waals surface area contributed by atoms with Crippen LogP contribution in [-0.2, 0) is 42.9 Å². The number of rotatable bonds is 22. The van der Waals surface area contributed by atoms with E-state index in [4.69, 9.17) is 23.7 Å². The van der Waals surface area contributed by atoms with Crippen molar-refractivity contribution in [2.24, 2.45) is 27.6 Å². The van der Waals surface area contributed by atoms with Gasteiger partial charge in [0, 0.05) is 11.4 Å². The first-order valence-electron chi connectivity index (χ1n) is 24.8. The van der Waals surface area contributed by atoms with Gasteiger partial charge in [0.05, 0.1) is 44.3 Å². The lowest BCUT2D eigenvalue weighted by Gasteiger charge is -2.20. The first-order chi connectivity index (χ1) is 34.1. The van der Waals surface area contributed by atoms with Crippen molar-refractivity contribution in [3.63, 3.8) is 0 Å². The number of carbonyl (C=O) groups is 5. The summed E-state index contributed by atoms with van der Waals surface area (Å²) in [6.07, 6.45) is 5.67. The van der Waals surface area contributed by atoms with Gasteiger partial charge in [0.15, 0.2) is 0 Å². The summed E-state index contributed by atoms with van der Waals surface area (Å²) < 4.78 is 27.8. The van der Waals surface area contributed by atoms with Crippen LogP contribution in [0.25, 0.3) is 12.2 Å². The molecule has 0 radical (unpaired) electrons. The van der Waals surface area contributed by atoms with Gasteiger partial charge in [-0.05, 0) is 93.7 Å². The van der Waals surface area contributed by atoms with Crippen molar-refractivity contribution in [1.29, 1.82) is 0 Å². The quantitative estimate of drug-likeness (QED) is 0.0220. The number of esters is 5. The van der Waals surface area contributed by atoms with Crippen LogP contribution in [0, 0.1) is 27.6 Å². The predicted molar refractivity (Wildman–Crippen MR) is 286 cm³/mol. The van der Waals surface area contributed by atoms with Gasteiger partial charge >= 0.3 is 29.8 Å². The van der Waals surface area contributed by atoms with E-state index in [1.807, 2.05) is 83.1 Å². The minimum absolute atomic E-state index is 0.0798. The van der Waals surface area contributed by atoms with Crippen LogP contribution in [0.4, 0.5) is 34.9 Å². The minimum Gasteiger partial charge on any atom is -0.462 e. The van der Waals surface area contributed by atoms with Crippen molar-refractivity contribution in [1.82, 2.24) is 15.0 Å². The maximum atomic E-state index is 13.5. The molecule has 0 amide bonds. The summed E-state index contributed by atoms with van der Waals surface area (Å²) in [5.41, 5.74) is 1.05. The third-order valence-electron chi connectivity index (χ3n) is 10.1. The number of hydrogen-bond acceptors (Lipinski definition) is 16. The summed E-state index contributed by atoms with van der Waals surface area (Å²) in [6.45, 7) is 27.9. The highest BCUT2D eigenvalue weighted by Gasteiger charge is 2.27. The smallest absolute Gasteiger partial charge is 0.345 e. The highest BCUT2D eigenvalue weighted by molar-refractivity contribution is 6.18. The molecule has 0 spiro atoms. The Morgan fingerprint density at radius 3 is 1.19 bits per heavy atom. The molecule has 0 saturated heterocycles. The van der Waals surface area contributed by atoms with Crippen LogP contribution < -0.4 is 16.0 Å². The van der Waals surface area contributed by atoms with Gasteiger partial charge in [-0.3, -0.25) is 0 Å². The SMILES string of the molecule is CCCC(CC)COC(=O)c1ccccc1Nc1nc(Nc2ccc(C=C(C(=O)OCC(C)(C)C)C(=O)OCC(C)(C)C)cc2)nc(Nc2ccc(C=C(C(=O)OCC(C)(C)C)C(=O)OCC(C)(C)C)cc2)n1. The second-order valence-electron chi connectivity index (χ2n) is 22.8. The second-order valence-corrected chi connectivity index (χ2v) is 22.8. The molecule has 0 aliphatic heterocycles. The maximum Gasteiger partial charge on any atom is 0.345 e. The van der Waals surface area contributed by atoms with Crippen molar-refractivity contribution in [2.75, 3.05) is 49.0 Å². The monoisotopic (exact) mass is 1000 g/mol. The van der Waals surface area contributed by atoms with E-state index in [-0.39, 0.29) is 83.0 Å². The van der Waals surface area contributed by atoms with Gasteiger partial charge in [-0.2, -0.15) is 15.0 Å². The summed E-state index contributed by atoms with van der Waals surface area (Å²) in [4.78, 5) is 80.4. The molecule has 16 heteroatoms. The van der Waals surface area contributed by atoms with E-state index in [1.54, 1.807) is 72.8 Å². The molecular formula is C57H76N6O10. The summed E-state index contributed by atoms with van der Waals surface area (Å²) in [5.74, 6) is -3.11. The van der Waals surface area contributed by atoms with Crippen LogP contribution >= 0.6 is 0 Å². The number of para-hydroxylation sites is 1. The molecule has 73 heavy (non-hydrogen) atoms. The molecule has 394 valence electrons. The molecule has 0 bridgehead atoms. The summed E-state index contributed by atoms with van der Waals surface area (Å²) in [5, 5.41) is 9.59. The molecule has 1 aromatic heterocycles. The lowest BCUT2D eigenvalue weighted by Crippen LogP contribution is -2.25. The van der Waals surface area contributed by atoms with E-state index in [0.29, 0.717) is 40.4 Å². The average molecular weight is 1010 g/mol. The molecule has 0 aliphatic rings. The van der Waals surface area contributed by atoms with Crippen LogP contribution in [0.5, 0.6) is 0 Å². The van der Waals surface area contributed by atoms with Gasteiger partial charge in [-0.15, -0.1) is 0 Å². The van der Waals surface area contributed by atoms with Gasteiger partial charge in [-0.25, -0.2) is 24.0 Å². The molecule has 3 N–H and O–H groups in total. The fraction of sp³-hybridized carbons (Fsp3) is 0.474. The topological polar surface area (TPSA) is 206 Å². The van der Waals surface area contributed by atoms with Crippen molar-refractivity contribution in [2.45, 2.75) is 116 Å². The number of aromatic nitrogens is 3. The molecule has 1 unspecified atom stereocenters. The van der Waals surface area contributed by atoms with Crippen LogP contribution in [0.2, 0.25) is 0 Å². The Hall–Kier alpha value is -7.10. The Kier molecular flexibility index (Phi) is 20.8. The average Bonchev–Trinajstić information content (AvgIpc) is 3.30. The van der Waals surface area contributed by atoms with E-state index in [9.17, 15) is 24.0 Å². The van der Waals surface area contributed by atoms with Gasteiger partial charge in [0.1, 0.15) is 11.1 Å². The van der Waals surface area contributed by atoms with Gasteiger partial charge in [-0.1, -0.05) is 146 Å². The largest absolute Gasteiger partial charge is 0.462 e. The fourth-order valence-electron chi connectivity index (χ4n) is 6.28. The number of nitrogens with one attached hydrogen (secondary N) is 3. The third kappa shape index (κ3) is 21.3. The van der Waals surface area contributed by atoms with Crippen LogP contribution in [0.15, 0.2) is 83.9 Å².